The zero-order chi connectivity index (χ0) is 15.7. The number of nitriles is 1. The van der Waals surface area contributed by atoms with Crippen LogP contribution in [0.15, 0.2) is 30.3 Å². The van der Waals surface area contributed by atoms with Crippen LogP contribution in [0.2, 0.25) is 0 Å². The van der Waals surface area contributed by atoms with E-state index in [9.17, 15) is 9.59 Å². The number of nitrogens with zero attached hydrogens (tertiary/aromatic N) is 2. The van der Waals surface area contributed by atoms with Gasteiger partial charge in [-0.25, -0.2) is 4.79 Å². The lowest BCUT2D eigenvalue weighted by Gasteiger charge is -2.24. The number of carbonyl (C=O) groups is 2. The predicted octanol–water partition coefficient (Wildman–Crippen LogP) is 2.15. The minimum Gasteiger partial charge on any atom is -0.481 e. The number of carbonyl (C=O) groups excluding carboxylic acids is 1. The van der Waals surface area contributed by atoms with Crippen LogP contribution in [0.4, 0.5) is 4.79 Å². The molecule has 0 spiro atoms. The third kappa shape index (κ3) is 5.53. The van der Waals surface area contributed by atoms with Crippen molar-refractivity contribution in [1.29, 1.82) is 5.26 Å². The van der Waals surface area contributed by atoms with Crippen molar-refractivity contribution in [2.45, 2.75) is 25.8 Å². The monoisotopic (exact) mass is 289 g/mol. The molecule has 1 unspecified atom stereocenters. The predicted molar refractivity (Wildman–Crippen MR) is 77.4 cm³/mol. The number of carboxylic acids is 1. The smallest absolute Gasteiger partial charge is 0.317 e. The number of carboxylic acid groups (broad SMARTS) is 1. The van der Waals surface area contributed by atoms with Crippen molar-refractivity contribution < 1.29 is 14.7 Å². The van der Waals surface area contributed by atoms with E-state index in [-0.39, 0.29) is 18.9 Å². The minimum absolute atomic E-state index is 0.189. The molecule has 0 saturated carbocycles. The molecular formula is C15H19N3O3. The Hall–Kier alpha value is -2.55. The molecule has 0 aliphatic carbocycles. The van der Waals surface area contributed by atoms with Crippen molar-refractivity contribution in [2.75, 3.05) is 13.1 Å². The van der Waals surface area contributed by atoms with Crippen LogP contribution in [-0.2, 0) is 4.79 Å². The number of nitrogens with one attached hydrogen (secondary N) is 1. The molecule has 21 heavy (non-hydrogen) atoms. The number of hydrogen-bond acceptors (Lipinski definition) is 3. The summed E-state index contributed by atoms with van der Waals surface area (Å²) >= 11 is 0. The summed E-state index contributed by atoms with van der Waals surface area (Å²) in [5, 5.41) is 20.3. The van der Waals surface area contributed by atoms with Gasteiger partial charge in [-0.3, -0.25) is 4.79 Å². The first-order valence-electron chi connectivity index (χ1n) is 6.77. The summed E-state index contributed by atoms with van der Waals surface area (Å²) in [5.41, 5.74) is 0.740. The van der Waals surface area contributed by atoms with Gasteiger partial charge >= 0.3 is 12.0 Å². The summed E-state index contributed by atoms with van der Waals surface area (Å²) in [5.74, 6) is -0.982. The molecule has 6 nitrogen and oxygen atoms in total. The lowest BCUT2D eigenvalue weighted by atomic mass is 10.0. The molecule has 2 amide bonds. The van der Waals surface area contributed by atoms with Crippen molar-refractivity contribution in [3.05, 3.63) is 35.9 Å². The normalized spacial score (nSPS) is 11.2. The second-order valence-corrected chi connectivity index (χ2v) is 4.50. The van der Waals surface area contributed by atoms with Crippen LogP contribution in [0.3, 0.4) is 0 Å². The van der Waals surface area contributed by atoms with Crippen LogP contribution in [0.25, 0.3) is 0 Å². The zero-order valence-corrected chi connectivity index (χ0v) is 12.0. The highest BCUT2D eigenvalue weighted by molar-refractivity contribution is 5.76. The Morgan fingerprint density at radius 3 is 2.57 bits per heavy atom. The molecule has 0 fully saturated rings. The molecule has 2 N–H and O–H groups in total. The quantitative estimate of drug-likeness (QED) is 0.804. The average Bonchev–Trinajstić information content (AvgIpc) is 2.48. The van der Waals surface area contributed by atoms with Crippen LogP contribution < -0.4 is 5.32 Å². The molecule has 1 aromatic carbocycles. The van der Waals surface area contributed by atoms with Crippen LogP contribution >= 0.6 is 0 Å². The van der Waals surface area contributed by atoms with Gasteiger partial charge in [0, 0.05) is 13.1 Å². The number of amides is 2. The Balaban J connectivity index is 2.79. The maximum absolute atomic E-state index is 12.2. The van der Waals surface area contributed by atoms with Crippen LogP contribution in [0.1, 0.15) is 31.4 Å². The number of rotatable bonds is 7. The Labute approximate surface area is 124 Å². The fraction of sp³-hybridized carbons (Fsp3) is 0.400. The zero-order valence-electron chi connectivity index (χ0n) is 12.0. The topological polar surface area (TPSA) is 93.4 Å². The first-order valence-corrected chi connectivity index (χ1v) is 6.77. The summed E-state index contributed by atoms with van der Waals surface area (Å²) in [6.45, 7) is 2.60. The van der Waals surface area contributed by atoms with E-state index in [0.29, 0.717) is 13.1 Å². The molecule has 0 aliphatic rings. The highest BCUT2D eigenvalue weighted by atomic mass is 16.4. The fourth-order valence-electron chi connectivity index (χ4n) is 1.94. The van der Waals surface area contributed by atoms with E-state index < -0.39 is 12.0 Å². The van der Waals surface area contributed by atoms with Crippen LogP contribution in [-0.4, -0.2) is 35.1 Å². The number of aliphatic carboxylic acids is 1. The summed E-state index contributed by atoms with van der Waals surface area (Å²) < 4.78 is 0. The van der Waals surface area contributed by atoms with Crippen molar-refractivity contribution in [3.63, 3.8) is 0 Å². The van der Waals surface area contributed by atoms with Crippen LogP contribution in [0.5, 0.6) is 0 Å². The Kier molecular flexibility index (Phi) is 6.75. The van der Waals surface area contributed by atoms with Crippen molar-refractivity contribution >= 4 is 12.0 Å². The van der Waals surface area contributed by atoms with Crippen molar-refractivity contribution in [2.24, 2.45) is 0 Å². The standard InChI is InChI=1S/C15H19N3O3/c1-2-18(10-6-9-16)15(21)17-13(11-14(19)20)12-7-4-3-5-8-12/h3-5,7-8,13H,2,6,10-11H2,1H3,(H,17,21)(H,19,20). The lowest BCUT2D eigenvalue weighted by Crippen LogP contribution is -2.42. The number of hydrogen-bond donors (Lipinski definition) is 2. The van der Waals surface area contributed by atoms with E-state index in [1.165, 1.54) is 4.90 Å². The molecule has 0 aliphatic heterocycles. The Morgan fingerprint density at radius 1 is 1.38 bits per heavy atom. The number of urea groups is 1. The maximum atomic E-state index is 12.2. The number of benzene rings is 1. The van der Waals surface area contributed by atoms with Gasteiger partial charge in [0.1, 0.15) is 0 Å². The molecule has 112 valence electrons. The first kappa shape index (κ1) is 16.5. The summed E-state index contributed by atoms with van der Waals surface area (Å²) in [6, 6.07) is 10.0. The van der Waals surface area contributed by atoms with E-state index in [0.717, 1.165) is 5.56 Å². The van der Waals surface area contributed by atoms with Gasteiger partial charge in [-0.15, -0.1) is 0 Å². The molecule has 1 atom stereocenters. The molecule has 0 heterocycles. The SMILES string of the molecule is CCN(CCC#N)C(=O)NC(CC(=O)O)c1ccccc1. The van der Waals surface area contributed by atoms with E-state index in [1.807, 2.05) is 19.1 Å². The highest BCUT2D eigenvalue weighted by Crippen LogP contribution is 2.17. The van der Waals surface area contributed by atoms with E-state index >= 15 is 0 Å². The van der Waals surface area contributed by atoms with Gasteiger partial charge in [-0.05, 0) is 12.5 Å². The molecule has 1 rings (SSSR count). The van der Waals surface area contributed by atoms with Gasteiger partial charge in [-0.2, -0.15) is 5.26 Å². The van der Waals surface area contributed by atoms with Gasteiger partial charge in [0.25, 0.3) is 0 Å². The fourth-order valence-corrected chi connectivity index (χ4v) is 1.94. The third-order valence-corrected chi connectivity index (χ3v) is 3.04. The maximum Gasteiger partial charge on any atom is 0.317 e. The van der Waals surface area contributed by atoms with E-state index in [1.54, 1.807) is 24.3 Å². The molecule has 0 radical (unpaired) electrons. The van der Waals surface area contributed by atoms with Gasteiger partial charge < -0.3 is 15.3 Å². The summed E-state index contributed by atoms with van der Waals surface area (Å²) in [7, 11) is 0. The Bertz CT molecular complexity index is 511. The molecule has 0 aromatic heterocycles. The molecule has 0 saturated heterocycles. The summed E-state index contributed by atoms with van der Waals surface area (Å²) in [6.07, 6.45) is 0.0573. The average molecular weight is 289 g/mol. The molecule has 0 bridgehead atoms. The molecular weight excluding hydrogens is 270 g/mol. The lowest BCUT2D eigenvalue weighted by molar-refractivity contribution is -0.137. The minimum atomic E-state index is -0.982. The first-order chi connectivity index (χ1) is 10.1. The van der Waals surface area contributed by atoms with Crippen molar-refractivity contribution in [3.8, 4) is 6.07 Å². The summed E-state index contributed by atoms with van der Waals surface area (Å²) in [4.78, 5) is 24.6. The van der Waals surface area contributed by atoms with Gasteiger partial charge in [-0.1, -0.05) is 30.3 Å². The van der Waals surface area contributed by atoms with Gasteiger partial charge in [0.2, 0.25) is 0 Å². The van der Waals surface area contributed by atoms with Gasteiger partial charge in [0.05, 0.1) is 25.0 Å². The highest BCUT2D eigenvalue weighted by Gasteiger charge is 2.20. The second kappa shape index (κ2) is 8.59. The second-order valence-electron chi connectivity index (χ2n) is 4.50. The molecule has 1 aromatic rings. The van der Waals surface area contributed by atoms with Crippen LogP contribution in [0, 0.1) is 11.3 Å². The Morgan fingerprint density at radius 2 is 2.05 bits per heavy atom. The van der Waals surface area contributed by atoms with E-state index in [4.69, 9.17) is 10.4 Å². The largest absolute Gasteiger partial charge is 0.481 e. The molecule has 6 heteroatoms. The van der Waals surface area contributed by atoms with Crippen molar-refractivity contribution in [1.82, 2.24) is 10.2 Å². The van der Waals surface area contributed by atoms with Gasteiger partial charge in [0.15, 0.2) is 0 Å². The van der Waals surface area contributed by atoms with E-state index in [2.05, 4.69) is 5.32 Å². The third-order valence-electron chi connectivity index (χ3n) is 3.04.